The normalized spacial score (nSPS) is 10.9. The topological polar surface area (TPSA) is 89.6 Å². The van der Waals surface area contributed by atoms with E-state index in [2.05, 4.69) is 15.6 Å². The summed E-state index contributed by atoms with van der Waals surface area (Å²) in [5.41, 5.74) is 2.99. The number of aromatic nitrogens is 1. The van der Waals surface area contributed by atoms with E-state index in [9.17, 15) is 9.59 Å². The molecule has 1 heterocycles. The number of thiazole rings is 1. The van der Waals surface area contributed by atoms with Gasteiger partial charge in [-0.25, -0.2) is 4.98 Å². The van der Waals surface area contributed by atoms with Gasteiger partial charge in [-0.1, -0.05) is 42.1 Å². The van der Waals surface area contributed by atoms with Crippen LogP contribution in [0.3, 0.4) is 0 Å². The number of carbonyl (C=O) groups excluding carboxylic acids is 2. The van der Waals surface area contributed by atoms with Gasteiger partial charge in [-0.15, -0.1) is 11.3 Å². The molecule has 4 aromatic rings. The molecule has 0 atom stereocenters. The number of ether oxygens (including phenoxy) is 2. The van der Waals surface area contributed by atoms with Gasteiger partial charge in [0.25, 0.3) is 0 Å². The molecule has 0 aliphatic heterocycles. The maximum absolute atomic E-state index is 12.5. The first-order valence-corrected chi connectivity index (χ1v) is 12.4. The lowest BCUT2D eigenvalue weighted by atomic mass is 10.2. The highest BCUT2D eigenvalue weighted by Crippen LogP contribution is 2.32. The monoisotopic (exact) mass is 505 g/mol. The Balaban J connectivity index is 1.36. The number of hydrogen-bond acceptors (Lipinski definition) is 7. The minimum absolute atomic E-state index is 0.182. The molecule has 2 amide bonds. The summed E-state index contributed by atoms with van der Waals surface area (Å²) in [6.45, 7) is 0. The standard InChI is InChI=1S/C26H23N3O4S2/c1-32-19-10-12-22(33-2)21(15-19)28-25(31)16-34-26-29-20-11-9-18(14-23(20)35-26)27-24(30)13-8-17-6-4-3-5-7-17/h3-15H,16H2,1-2H3,(H,27,30)(H,28,31)/b13-8-. The second-order valence-electron chi connectivity index (χ2n) is 7.30. The second-order valence-corrected chi connectivity index (χ2v) is 9.55. The number of nitrogens with zero attached hydrogens (tertiary/aromatic N) is 1. The predicted molar refractivity (Wildman–Crippen MR) is 143 cm³/mol. The molecule has 4 rings (SSSR count). The summed E-state index contributed by atoms with van der Waals surface area (Å²) in [5.74, 6) is 0.972. The predicted octanol–water partition coefficient (Wildman–Crippen LogP) is 5.70. The lowest BCUT2D eigenvalue weighted by Crippen LogP contribution is -2.14. The van der Waals surface area contributed by atoms with Gasteiger partial charge in [-0.3, -0.25) is 9.59 Å². The van der Waals surface area contributed by atoms with Crippen LogP contribution in [0.15, 0.2) is 77.1 Å². The molecule has 0 unspecified atom stereocenters. The number of benzene rings is 3. The van der Waals surface area contributed by atoms with Gasteiger partial charge in [0, 0.05) is 17.8 Å². The molecular formula is C26H23N3O4S2. The average Bonchev–Trinajstić information content (AvgIpc) is 3.29. The summed E-state index contributed by atoms with van der Waals surface area (Å²) >= 11 is 2.82. The van der Waals surface area contributed by atoms with Crippen LogP contribution in [0.25, 0.3) is 16.3 Å². The van der Waals surface area contributed by atoms with Crippen LogP contribution in [0.4, 0.5) is 11.4 Å². The van der Waals surface area contributed by atoms with Crippen LogP contribution < -0.4 is 20.1 Å². The Morgan fingerprint density at radius 2 is 1.83 bits per heavy atom. The van der Waals surface area contributed by atoms with Gasteiger partial charge in [0.15, 0.2) is 4.34 Å². The first-order valence-electron chi connectivity index (χ1n) is 10.6. The van der Waals surface area contributed by atoms with E-state index < -0.39 is 0 Å². The SMILES string of the molecule is COc1ccc(OC)c(NC(=O)CSc2nc3ccc(NC(=O)/C=C\c4ccccc4)cc3s2)c1. The molecule has 0 fully saturated rings. The molecule has 3 aromatic carbocycles. The van der Waals surface area contributed by atoms with Gasteiger partial charge in [0.2, 0.25) is 11.8 Å². The van der Waals surface area contributed by atoms with E-state index in [-0.39, 0.29) is 17.6 Å². The molecule has 7 nitrogen and oxygen atoms in total. The Labute approximate surface area is 211 Å². The van der Waals surface area contributed by atoms with Crippen LogP contribution in [0, 0.1) is 0 Å². The highest BCUT2D eigenvalue weighted by atomic mass is 32.2. The Hall–Kier alpha value is -3.82. The number of carbonyl (C=O) groups is 2. The highest BCUT2D eigenvalue weighted by Gasteiger charge is 2.12. The number of fused-ring (bicyclic) bond motifs is 1. The molecular weight excluding hydrogens is 482 g/mol. The number of thioether (sulfide) groups is 1. The maximum Gasteiger partial charge on any atom is 0.248 e. The Kier molecular flexibility index (Phi) is 8.02. The molecule has 0 saturated carbocycles. The number of amides is 2. The van der Waals surface area contributed by atoms with Crippen molar-refractivity contribution in [1.82, 2.24) is 4.98 Å². The van der Waals surface area contributed by atoms with Crippen LogP contribution in [-0.2, 0) is 9.59 Å². The molecule has 0 bridgehead atoms. The van der Waals surface area contributed by atoms with Crippen LogP contribution in [0.2, 0.25) is 0 Å². The van der Waals surface area contributed by atoms with Gasteiger partial charge < -0.3 is 20.1 Å². The summed E-state index contributed by atoms with van der Waals surface area (Å²) < 4.78 is 12.2. The lowest BCUT2D eigenvalue weighted by Gasteiger charge is -2.11. The number of hydrogen-bond donors (Lipinski definition) is 2. The first-order chi connectivity index (χ1) is 17.0. The largest absolute Gasteiger partial charge is 0.497 e. The van der Waals surface area contributed by atoms with E-state index in [0.29, 0.717) is 22.9 Å². The van der Waals surface area contributed by atoms with E-state index in [1.807, 2.05) is 48.5 Å². The van der Waals surface area contributed by atoms with Crippen LogP contribution in [0.1, 0.15) is 5.56 Å². The van der Waals surface area contributed by atoms with Crippen molar-refractivity contribution >= 4 is 62.6 Å². The number of nitrogens with one attached hydrogen (secondary N) is 2. The molecule has 178 valence electrons. The average molecular weight is 506 g/mol. The zero-order chi connectivity index (χ0) is 24.6. The van der Waals surface area contributed by atoms with E-state index in [0.717, 1.165) is 20.1 Å². The molecule has 2 N–H and O–H groups in total. The minimum atomic E-state index is -0.211. The summed E-state index contributed by atoms with van der Waals surface area (Å²) in [6, 6.07) is 20.4. The number of methoxy groups -OCH3 is 2. The van der Waals surface area contributed by atoms with Crippen molar-refractivity contribution < 1.29 is 19.1 Å². The molecule has 35 heavy (non-hydrogen) atoms. The van der Waals surface area contributed by atoms with Crippen molar-refractivity contribution in [3.05, 3.63) is 78.4 Å². The lowest BCUT2D eigenvalue weighted by molar-refractivity contribution is -0.114. The van der Waals surface area contributed by atoms with Gasteiger partial charge in [-0.2, -0.15) is 0 Å². The first kappa shape index (κ1) is 24.3. The third-order valence-electron chi connectivity index (χ3n) is 4.87. The van der Waals surface area contributed by atoms with E-state index >= 15 is 0 Å². The van der Waals surface area contributed by atoms with Crippen LogP contribution in [-0.4, -0.2) is 36.8 Å². The smallest absolute Gasteiger partial charge is 0.248 e. The second kappa shape index (κ2) is 11.5. The summed E-state index contributed by atoms with van der Waals surface area (Å²) in [6.07, 6.45) is 3.27. The van der Waals surface area contributed by atoms with Gasteiger partial charge >= 0.3 is 0 Å². The zero-order valence-corrected chi connectivity index (χ0v) is 20.7. The molecule has 9 heteroatoms. The quantitative estimate of drug-likeness (QED) is 0.224. The van der Waals surface area contributed by atoms with Crippen LogP contribution in [0.5, 0.6) is 11.5 Å². The molecule has 0 spiro atoms. The summed E-state index contributed by atoms with van der Waals surface area (Å²) in [7, 11) is 3.11. The van der Waals surface area contributed by atoms with Gasteiger partial charge in [-0.05, 0) is 42.0 Å². The van der Waals surface area contributed by atoms with Crippen LogP contribution >= 0.6 is 23.1 Å². The molecule has 0 saturated heterocycles. The Bertz CT molecular complexity index is 1370. The fraction of sp³-hybridized carbons (Fsp3) is 0.115. The Morgan fingerprint density at radius 1 is 1.00 bits per heavy atom. The maximum atomic E-state index is 12.5. The van der Waals surface area contributed by atoms with Crippen molar-refractivity contribution in [2.24, 2.45) is 0 Å². The summed E-state index contributed by atoms with van der Waals surface area (Å²) in [5, 5.41) is 5.72. The van der Waals surface area contributed by atoms with E-state index in [1.165, 1.54) is 29.2 Å². The molecule has 0 radical (unpaired) electrons. The summed E-state index contributed by atoms with van der Waals surface area (Å²) in [4.78, 5) is 29.3. The third kappa shape index (κ3) is 6.62. The van der Waals surface area contributed by atoms with Crippen molar-refractivity contribution in [1.29, 1.82) is 0 Å². The molecule has 0 aliphatic rings. The van der Waals surface area contributed by atoms with Gasteiger partial charge in [0.05, 0.1) is 35.9 Å². The van der Waals surface area contributed by atoms with Crippen molar-refractivity contribution in [2.45, 2.75) is 4.34 Å². The zero-order valence-electron chi connectivity index (χ0n) is 19.1. The van der Waals surface area contributed by atoms with Gasteiger partial charge in [0.1, 0.15) is 11.5 Å². The molecule has 0 aliphatic carbocycles. The third-order valence-corrected chi connectivity index (χ3v) is 7.03. The van der Waals surface area contributed by atoms with E-state index in [4.69, 9.17) is 9.47 Å². The Morgan fingerprint density at radius 3 is 2.60 bits per heavy atom. The fourth-order valence-corrected chi connectivity index (χ4v) is 5.10. The highest BCUT2D eigenvalue weighted by molar-refractivity contribution is 8.01. The minimum Gasteiger partial charge on any atom is -0.497 e. The van der Waals surface area contributed by atoms with E-state index in [1.54, 1.807) is 38.5 Å². The molecule has 1 aromatic heterocycles. The van der Waals surface area contributed by atoms with Crippen molar-refractivity contribution in [3.63, 3.8) is 0 Å². The van der Waals surface area contributed by atoms with Crippen molar-refractivity contribution in [3.8, 4) is 11.5 Å². The number of anilines is 2. The van der Waals surface area contributed by atoms with Crippen molar-refractivity contribution in [2.75, 3.05) is 30.6 Å². The fourth-order valence-electron chi connectivity index (χ4n) is 3.19. The number of rotatable bonds is 9.